The summed E-state index contributed by atoms with van der Waals surface area (Å²) in [5.41, 5.74) is 0.941. The first kappa shape index (κ1) is 21.4. The normalized spacial score (nSPS) is 13.9. The van der Waals surface area contributed by atoms with Gasteiger partial charge < -0.3 is 20.1 Å². The Morgan fingerprint density at radius 3 is 2.03 bits per heavy atom. The SMILES string of the molecule is CC(=O)[C@H](CC(=O)NC1c2ccccc2Oc2ccccc21)NC(=O)OC(C)(C)C. The minimum absolute atomic E-state index is 0.198. The first-order valence-electron chi connectivity index (χ1n) is 9.79. The van der Waals surface area contributed by atoms with Gasteiger partial charge in [0.15, 0.2) is 5.78 Å². The predicted molar refractivity (Wildman–Crippen MR) is 111 cm³/mol. The van der Waals surface area contributed by atoms with Gasteiger partial charge in [0.25, 0.3) is 0 Å². The Labute approximate surface area is 175 Å². The Balaban J connectivity index is 1.75. The first-order valence-corrected chi connectivity index (χ1v) is 9.79. The fraction of sp³-hybridized carbons (Fsp3) is 0.348. The molecule has 0 saturated heterocycles. The lowest BCUT2D eigenvalue weighted by Gasteiger charge is -2.29. The lowest BCUT2D eigenvalue weighted by molar-refractivity contribution is -0.126. The van der Waals surface area contributed by atoms with Gasteiger partial charge in [-0.1, -0.05) is 36.4 Å². The maximum atomic E-state index is 12.8. The molecular weight excluding hydrogens is 384 g/mol. The highest BCUT2D eigenvalue weighted by molar-refractivity contribution is 5.91. The average molecular weight is 410 g/mol. The van der Waals surface area contributed by atoms with Crippen LogP contribution in [0.2, 0.25) is 0 Å². The van der Waals surface area contributed by atoms with Crippen molar-refractivity contribution in [3.8, 4) is 11.5 Å². The third kappa shape index (κ3) is 5.17. The van der Waals surface area contributed by atoms with Crippen molar-refractivity contribution >= 4 is 17.8 Å². The molecule has 0 radical (unpaired) electrons. The van der Waals surface area contributed by atoms with Gasteiger partial charge in [-0.15, -0.1) is 0 Å². The molecule has 1 heterocycles. The summed E-state index contributed by atoms with van der Waals surface area (Å²) in [5.74, 6) is 0.625. The molecule has 7 nitrogen and oxygen atoms in total. The third-order valence-corrected chi connectivity index (χ3v) is 4.56. The molecular formula is C23H26N2O5. The fourth-order valence-corrected chi connectivity index (χ4v) is 3.22. The van der Waals surface area contributed by atoms with E-state index in [4.69, 9.17) is 9.47 Å². The zero-order chi connectivity index (χ0) is 21.9. The van der Waals surface area contributed by atoms with Gasteiger partial charge in [-0.2, -0.15) is 0 Å². The minimum Gasteiger partial charge on any atom is -0.457 e. The molecule has 0 aromatic heterocycles. The van der Waals surface area contributed by atoms with E-state index in [0.29, 0.717) is 11.5 Å². The standard InChI is InChI=1S/C23H26N2O5/c1-14(26)17(24-22(28)30-23(2,3)4)13-20(27)25-21-15-9-5-7-11-18(15)29-19-12-8-6-10-16(19)21/h5-12,17,21H,13H2,1-4H3,(H,24,28)(H,25,27)/t17-/m0/s1. The number of alkyl carbamates (subject to hydrolysis) is 1. The number of hydrogen-bond donors (Lipinski definition) is 2. The van der Waals surface area contributed by atoms with Gasteiger partial charge in [-0.25, -0.2) is 4.79 Å². The van der Waals surface area contributed by atoms with Gasteiger partial charge in [0.1, 0.15) is 17.1 Å². The topological polar surface area (TPSA) is 93.7 Å². The Morgan fingerprint density at radius 1 is 1.00 bits per heavy atom. The van der Waals surface area contributed by atoms with Crippen LogP contribution in [0.1, 0.15) is 51.3 Å². The molecule has 0 spiro atoms. The third-order valence-electron chi connectivity index (χ3n) is 4.56. The number of Topliss-reactive ketones (excluding diaryl/α,β-unsaturated/α-hetero) is 1. The molecule has 1 aliphatic heterocycles. The van der Waals surface area contributed by atoms with E-state index in [0.717, 1.165) is 11.1 Å². The van der Waals surface area contributed by atoms with E-state index < -0.39 is 23.8 Å². The van der Waals surface area contributed by atoms with Crippen molar-refractivity contribution in [2.45, 2.75) is 51.8 Å². The summed E-state index contributed by atoms with van der Waals surface area (Å²) in [6.07, 6.45) is -0.937. The summed E-state index contributed by atoms with van der Waals surface area (Å²) in [6, 6.07) is 13.5. The lowest BCUT2D eigenvalue weighted by Crippen LogP contribution is -2.45. The van der Waals surface area contributed by atoms with Crippen molar-refractivity contribution < 1.29 is 23.9 Å². The summed E-state index contributed by atoms with van der Waals surface area (Å²) in [4.78, 5) is 36.9. The van der Waals surface area contributed by atoms with Gasteiger partial charge in [0.05, 0.1) is 18.5 Å². The van der Waals surface area contributed by atoms with E-state index in [1.54, 1.807) is 20.8 Å². The van der Waals surface area contributed by atoms with Crippen LogP contribution >= 0.6 is 0 Å². The molecule has 0 unspecified atom stereocenters. The molecule has 30 heavy (non-hydrogen) atoms. The Morgan fingerprint density at radius 2 is 1.53 bits per heavy atom. The lowest BCUT2D eigenvalue weighted by atomic mass is 9.94. The molecule has 0 fully saturated rings. The maximum absolute atomic E-state index is 12.8. The van der Waals surface area contributed by atoms with Gasteiger partial charge in [0.2, 0.25) is 5.91 Å². The summed E-state index contributed by atoms with van der Waals surface area (Å²) in [5, 5.41) is 5.46. The van der Waals surface area contributed by atoms with Crippen LogP contribution in [0, 0.1) is 0 Å². The van der Waals surface area contributed by atoms with E-state index >= 15 is 0 Å². The van der Waals surface area contributed by atoms with Crippen molar-refractivity contribution in [3.05, 3.63) is 59.7 Å². The molecule has 0 aliphatic carbocycles. The molecule has 0 bridgehead atoms. The number of benzene rings is 2. The van der Waals surface area contributed by atoms with Gasteiger partial charge in [0, 0.05) is 11.1 Å². The second-order valence-corrected chi connectivity index (χ2v) is 8.19. The molecule has 158 valence electrons. The van der Waals surface area contributed by atoms with E-state index in [-0.39, 0.29) is 18.1 Å². The smallest absolute Gasteiger partial charge is 0.408 e. The second kappa shape index (κ2) is 8.57. The Kier molecular flexibility index (Phi) is 6.10. The molecule has 2 N–H and O–H groups in total. The number of ketones is 1. The minimum atomic E-state index is -0.981. The van der Waals surface area contributed by atoms with Crippen LogP contribution < -0.4 is 15.4 Å². The molecule has 7 heteroatoms. The predicted octanol–water partition coefficient (Wildman–Crippen LogP) is 3.87. The molecule has 1 atom stereocenters. The highest BCUT2D eigenvalue weighted by Crippen LogP contribution is 2.42. The van der Waals surface area contributed by atoms with E-state index in [1.807, 2.05) is 48.5 Å². The summed E-state index contributed by atoms with van der Waals surface area (Å²) in [7, 11) is 0. The number of carbonyl (C=O) groups excluding carboxylic acids is 3. The van der Waals surface area contributed by atoms with Crippen LogP contribution in [0.25, 0.3) is 0 Å². The van der Waals surface area contributed by atoms with Crippen LogP contribution in [0.4, 0.5) is 4.79 Å². The van der Waals surface area contributed by atoms with Crippen molar-refractivity contribution in [2.24, 2.45) is 0 Å². The fourth-order valence-electron chi connectivity index (χ4n) is 3.22. The molecule has 2 aromatic rings. The first-order chi connectivity index (χ1) is 14.1. The highest BCUT2D eigenvalue weighted by atomic mass is 16.6. The van der Waals surface area contributed by atoms with Crippen molar-refractivity contribution in [2.75, 3.05) is 0 Å². The molecule has 1 aliphatic rings. The van der Waals surface area contributed by atoms with Gasteiger partial charge in [-0.05, 0) is 39.8 Å². The monoisotopic (exact) mass is 410 g/mol. The van der Waals surface area contributed by atoms with E-state index in [9.17, 15) is 14.4 Å². The van der Waals surface area contributed by atoms with Gasteiger partial charge in [-0.3, -0.25) is 9.59 Å². The Bertz CT molecular complexity index is 919. The van der Waals surface area contributed by atoms with Crippen LogP contribution in [-0.2, 0) is 14.3 Å². The van der Waals surface area contributed by atoms with Crippen LogP contribution in [-0.4, -0.2) is 29.4 Å². The molecule has 2 amide bonds. The summed E-state index contributed by atoms with van der Waals surface area (Å²) >= 11 is 0. The largest absolute Gasteiger partial charge is 0.457 e. The van der Waals surface area contributed by atoms with Crippen molar-refractivity contribution in [3.63, 3.8) is 0 Å². The van der Waals surface area contributed by atoms with Crippen LogP contribution in [0.5, 0.6) is 11.5 Å². The zero-order valence-corrected chi connectivity index (χ0v) is 17.5. The number of amides is 2. The van der Waals surface area contributed by atoms with Crippen molar-refractivity contribution in [1.29, 1.82) is 0 Å². The second-order valence-electron chi connectivity index (χ2n) is 8.19. The zero-order valence-electron chi connectivity index (χ0n) is 17.5. The summed E-state index contributed by atoms with van der Waals surface area (Å²) < 4.78 is 11.1. The number of fused-ring (bicyclic) bond motifs is 2. The van der Waals surface area contributed by atoms with E-state index in [2.05, 4.69) is 10.6 Å². The number of rotatable bonds is 5. The highest BCUT2D eigenvalue weighted by Gasteiger charge is 2.30. The average Bonchev–Trinajstić information content (AvgIpc) is 2.65. The van der Waals surface area contributed by atoms with E-state index in [1.165, 1.54) is 6.92 Å². The number of para-hydroxylation sites is 2. The van der Waals surface area contributed by atoms with Gasteiger partial charge >= 0.3 is 6.09 Å². The number of hydrogen-bond acceptors (Lipinski definition) is 5. The van der Waals surface area contributed by atoms with Crippen LogP contribution in [0.15, 0.2) is 48.5 Å². The van der Waals surface area contributed by atoms with Crippen LogP contribution in [0.3, 0.4) is 0 Å². The number of nitrogens with one attached hydrogen (secondary N) is 2. The summed E-state index contributed by atoms with van der Waals surface area (Å²) in [6.45, 7) is 6.50. The number of ether oxygens (including phenoxy) is 2. The maximum Gasteiger partial charge on any atom is 0.408 e. The quantitative estimate of drug-likeness (QED) is 0.780. The molecule has 0 saturated carbocycles. The molecule has 3 rings (SSSR count). The molecule has 2 aromatic carbocycles. The van der Waals surface area contributed by atoms with Crippen molar-refractivity contribution in [1.82, 2.24) is 10.6 Å². The number of carbonyl (C=O) groups is 3. The Hall–Kier alpha value is -3.35.